The predicted molar refractivity (Wildman–Crippen MR) is 124 cm³/mol. The average molecular weight is 446 g/mol. The van der Waals surface area contributed by atoms with Crippen LogP contribution in [-0.2, 0) is 20.7 Å². The lowest BCUT2D eigenvalue weighted by Gasteiger charge is -2.48. The molecule has 3 heterocycles. The van der Waals surface area contributed by atoms with Crippen molar-refractivity contribution in [3.8, 4) is 0 Å². The molecule has 170 valence electrons. The molecule has 7 nitrogen and oxygen atoms in total. The number of methoxy groups -OCH3 is 1. The number of benzene rings is 2. The lowest BCUT2D eigenvalue weighted by atomic mass is 9.85. The average Bonchev–Trinajstić information content (AvgIpc) is 3.22. The minimum absolute atomic E-state index is 0.00365. The number of para-hydroxylation sites is 1. The number of piperazine rings is 1. The van der Waals surface area contributed by atoms with Crippen LogP contribution in [0.25, 0.3) is 10.9 Å². The first-order chi connectivity index (χ1) is 15.9. The molecule has 3 aromatic rings. The van der Waals surface area contributed by atoms with E-state index in [4.69, 9.17) is 4.74 Å². The molecule has 0 aliphatic carbocycles. The molecule has 1 N–H and O–H groups in total. The highest BCUT2D eigenvalue weighted by atomic mass is 16.5. The van der Waals surface area contributed by atoms with Crippen molar-refractivity contribution >= 4 is 28.7 Å². The molecule has 0 unspecified atom stereocenters. The zero-order valence-corrected chi connectivity index (χ0v) is 19.0. The number of hydrogen-bond acceptors (Lipinski definition) is 4. The van der Waals surface area contributed by atoms with Crippen LogP contribution in [-0.4, -0.2) is 58.3 Å². The maximum Gasteiger partial charge on any atom is 0.337 e. The molecule has 0 spiro atoms. The van der Waals surface area contributed by atoms with E-state index < -0.39 is 18.1 Å². The number of aromatic amines is 1. The first-order valence-electron chi connectivity index (χ1n) is 11.3. The Balaban J connectivity index is 1.66. The van der Waals surface area contributed by atoms with Crippen molar-refractivity contribution in [3.63, 3.8) is 0 Å². The molecule has 2 aliphatic heterocycles. The van der Waals surface area contributed by atoms with Gasteiger partial charge in [-0.2, -0.15) is 0 Å². The first kappa shape index (κ1) is 21.2. The third-order valence-electron chi connectivity index (χ3n) is 7.06. The van der Waals surface area contributed by atoms with Crippen molar-refractivity contribution in [2.45, 2.75) is 44.8 Å². The Morgan fingerprint density at radius 2 is 1.88 bits per heavy atom. The fourth-order valence-electron chi connectivity index (χ4n) is 5.15. The largest absolute Gasteiger partial charge is 0.465 e. The highest BCUT2D eigenvalue weighted by Crippen LogP contribution is 2.42. The van der Waals surface area contributed by atoms with Crippen LogP contribution >= 0.6 is 0 Å². The van der Waals surface area contributed by atoms with Gasteiger partial charge in [-0.05, 0) is 42.7 Å². The maximum atomic E-state index is 13.6. The summed E-state index contributed by atoms with van der Waals surface area (Å²) in [7, 11) is 1.35. The van der Waals surface area contributed by atoms with Crippen molar-refractivity contribution in [3.05, 3.63) is 70.9 Å². The van der Waals surface area contributed by atoms with E-state index in [2.05, 4.69) is 11.1 Å². The van der Waals surface area contributed by atoms with Crippen molar-refractivity contribution in [1.82, 2.24) is 14.8 Å². The molecular weight excluding hydrogens is 418 g/mol. The summed E-state index contributed by atoms with van der Waals surface area (Å²) in [6.45, 7) is 4.10. The van der Waals surface area contributed by atoms with Crippen LogP contribution in [0.5, 0.6) is 0 Å². The SMILES string of the molecule is CC[C@H](C)N1CC(=O)N2[C@H](c3ccc(C(=O)OC)cc3)c3[nH]c4ccccc4c3C[C@H]2C1=O. The van der Waals surface area contributed by atoms with Crippen molar-refractivity contribution in [1.29, 1.82) is 0 Å². The summed E-state index contributed by atoms with van der Waals surface area (Å²) < 4.78 is 4.82. The summed E-state index contributed by atoms with van der Waals surface area (Å²) in [4.78, 5) is 46.0. The van der Waals surface area contributed by atoms with Crippen molar-refractivity contribution < 1.29 is 19.1 Å². The van der Waals surface area contributed by atoms with Crippen LogP contribution in [0, 0.1) is 0 Å². The molecule has 0 saturated carbocycles. The number of amides is 2. The van der Waals surface area contributed by atoms with Crippen molar-refractivity contribution in [2.24, 2.45) is 0 Å². The molecule has 1 fully saturated rings. The van der Waals surface area contributed by atoms with Gasteiger partial charge in [0.1, 0.15) is 12.6 Å². The van der Waals surface area contributed by atoms with Gasteiger partial charge in [0.15, 0.2) is 0 Å². The Morgan fingerprint density at radius 1 is 1.15 bits per heavy atom. The molecule has 5 rings (SSSR count). The molecule has 3 atom stereocenters. The second-order valence-corrected chi connectivity index (χ2v) is 8.82. The van der Waals surface area contributed by atoms with E-state index in [-0.39, 0.29) is 24.4 Å². The number of H-pyrrole nitrogens is 1. The minimum Gasteiger partial charge on any atom is -0.465 e. The summed E-state index contributed by atoms with van der Waals surface area (Å²) in [6, 6.07) is 14.1. The molecule has 2 aromatic carbocycles. The number of ether oxygens (including phenoxy) is 1. The molecule has 33 heavy (non-hydrogen) atoms. The Morgan fingerprint density at radius 3 is 2.58 bits per heavy atom. The van der Waals surface area contributed by atoms with Gasteiger partial charge in [0.25, 0.3) is 0 Å². The van der Waals surface area contributed by atoms with Crippen LogP contribution < -0.4 is 0 Å². The van der Waals surface area contributed by atoms with E-state index in [1.807, 2.05) is 44.2 Å². The zero-order valence-electron chi connectivity index (χ0n) is 19.0. The number of rotatable bonds is 4. The number of aromatic nitrogens is 1. The smallest absolute Gasteiger partial charge is 0.337 e. The summed E-state index contributed by atoms with van der Waals surface area (Å²) >= 11 is 0. The van der Waals surface area contributed by atoms with Crippen LogP contribution in [0.3, 0.4) is 0 Å². The third kappa shape index (κ3) is 3.30. The summed E-state index contributed by atoms with van der Waals surface area (Å²) in [6.07, 6.45) is 1.27. The van der Waals surface area contributed by atoms with Crippen LogP contribution in [0.15, 0.2) is 48.5 Å². The van der Waals surface area contributed by atoms with E-state index >= 15 is 0 Å². The zero-order chi connectivity index (χ0) is 23.3. The fraction of sp³-hybridized carbons (Fsp3) is 0.346. The first-order valence-corrected chi connectivity index (χ1v) is 11.3. The second kappa shape index (κ2) is 8.06. The minimum atomic E-state index is -0.558. The summed E-state index contributed by atoms with van der Waals surface area (Å²) in [5.41, 5.74) is 4.27. The lowest BCUT2D eigenvalue weighted by molar-refractivity contribution is -0.160. The molecule has 2 aliphatic rings. The Labute approximate surface area is 192 Å². The van der Waals surface area contributed by atoms with Gasteiger partial charge >= 0.3 is 5.97 Å². The highest BCUT2D eigenvalue weighted by Gasteiger charge is 2.48. The molecule has 0 bridgehead atoms. The lowest BCUT2D eigenvalue weighted by Crippen LogP contribution is -2.64. The van der Waals surface area contributed by atoms with Crippen LogP contribution in [0.4, 0.5) is 0 Å². The van der Waals surface area contributed by atoms with Gasteiger partial charge in [-0.25, -0.2) is 4.79 Å². The van der Waals surface area contributed by atoms with E-state index in [1.165, 1.54) is 7.11 Å². The molecule has 7 heteroatoms. The Hall–Kier alpha value is -3.61. The van der Waals surface area contributed by atoms with E-state index in [9.17, 15) is 14.4 Å². The van der Waals surface area contributed by atoms with E-state index in [0.717, 1.165) is 34.1 Å². The van der Waals surface area contributed by atoms with Gasteiger partial charge in [0.05, 0.1) is 18.7 Å². The molecule has 0 radical (unpaired) electrons. The van der Waals surface area contributed by atoms with Gasteiger partial charge in [0.2, 0.25) is 11.8 Å². The second-order valence-electron chi connectivity index (χ2n) is 8.82. The summed E-state index contributed by atoms with van der Waals surface area (Å²) in [5.74, 6) is -0.481. The van der Waals surface area contributed by atoms with Gasteiger partial charge < -0.3 is 19.5 Å². The third-order valence-corrected chi connectivity index (χ3v) is 7.06. The van der Waals surface area contributed by atoms with Gasteiger partial charge in [-0.15, -0.1) is 0 Å². The molecular formula is C26H27N3O4. The molecule has 1 saturated heterocycles. The maximum absolute atomic E-state index is 13.6. The summed E-state index contributed by atoms with van der Waals surface area (Å²) in [5, 5.41) is 1.07. The van der Waals surface area contributed by atoms with Crippen LogP contribution in [0.2, 0.25) is 0 Å². The predicted octanol–water partition coefficient (Wildman–Crippen LogP) is 3.44. The monoisotopic (exact) mass is 445 g/mol. The molecule has 2 amide bonds. The standard InChI is InChI=1S/C26H27N3O4/c1-4-15(2)28-14-22(30)29-21(25(28)31)13-19-18-7-5-6-8-20(18)27-23(19)24(29)16-9-11-17(12-10-16)26(32)33-3/h5-12,15,21,24,27H,4,13-14H2,1-3H3/t15-,21-,24+/m0/s1. The Kier molecular flexibility index (Phi) is 5.19. The number of carbonyl (C=O) groups excluding carboxylic acids is 3. The topological polar surface area (TPSA) is 82.7 Å². The number of nitrogens with one attached hydrogen (secondary N) is 1. The Bertz CT molecular complexity index is 1250. The van der Waals surface area contributed by atoms with E-state index in [0.29, 0.717) is 12.0 Å². The fourth-order valence-corrected chi connectivity index (χ4v) is 5.15. The van der Waals surface area contributed by atoms with Crippen LogP contribution in [0.1, 0.15) is 53.5 Å². The normalized spacial score (nSPS) is 21.1. The van der Waals surface area contributed by atoms with E-state index in [1.54, 1.807) is 21.9 Å². The van der Waals surface area contributed by atoms with Gasteiger partial charge in [-0.1, -0.05) is 37.3 Å². The van der Waals surface area contributed by atoms with Gasteiger partial charge in [0, 0.05) is 29.1 Å². The number of nitrogens with zero attached hydrogens (tertiary/aromatic N) is 2. The molecule has 1 aromatic heterocycles. The highest BCUT2D eigenvalue weighted by molar-refractivity contribution is 5.98. The number of fused-ring (bicyclic) bond motifs is 4. The quantitative estimate of drug-likeness (QED) is 0.624. The number of carbonyl (C=O) groups is 3. The number of hydrogen-bond donors (Lipinski definition) is 1. The van der Waals surface area contributed by atoms with Crippen molar-refractivity contribution in [2.75, 3.05) is 13.7 Å². The number of esters is 1. The van der Waals surface area contributed by atoms with Gasteiger partial charge in [-0.3, -0.25) is 9.59 Å².